The number of aliphatic hydroxyl groups is 2. The number of methoxy groups -OCH3 is 3. The maximum atomic E-state index is 11.8. The molecule has 28 heteroatoms. The Balaban J connectivity index is -0.000000169. The summed E-state index contributed by atoms with van der Waals surface area (Å²) >= 11 is 11.1. The number of rotatable bonds is 12. The van der Waals surface area contributed by atoms with E-state index in [1.54, 1.807) is 127 Å². The van der Waals surface area contributed by atoms with Crippen LogP contribution in [0.1, 0.15) is 47.8 Å². The molecular weight excluding hydrogens is 1360 g/mol. The van der Waals surface area contributed by atoms with Crippen LogP contribution in [0, 0.1) is 77.2 Å². The van der Waals surface area contributed by atoms with Gasteiger partial charge in [0.1, 0.15) is 17.2 Å². The maximum absolute atomic E-state index is 11.8. The number of hydrazone groups is 3. The molecule has 0 fully saturated rings. The molecule has 6 aromatic rings. The number of benzene rings is 6. The number of ether oxygens (including phenoxy) is 3. The van der Waals surface area contributed by atoms with Crippen LogP contribution >= 0.6 is 36.7 Å². The van der Waals surface area contributed by atoms with Gasteiger partial charge in [-0.2, -0.15) is 30.8 Å². The summed E-state index contributed by atoms with van der Waals surface area (Å²) in [6, 6.07) is 40.6. The molecule has 11 N–H and O–H groups in total. The van der Waals surface area contributed by atoms with Gasteiger partial charge in [-0.15, -0.1) is 0 Å². The number of para-hydroxylation sites is 3. The number of thiocarbonyl (C=S) groups is 3. The number of nitrogens with one attached hydrogen (secondary N) is 3. The second kappa shape index (κ2) is 56.5. The molecule has 6 rings (SSSR count). The van der Waals surface area contributed by atoms with Gasteiger partial charge >= 0.3 is 77.2 Å². The molecule has 0 spiro atoms. The Kier molecular flexibility index (Phi) is 61.8. The van der Waals surface area contributed by atoms with Crippen LogP contribution in [0.25, 0.3) is 16.2 Å². The molecule has 0 saturated heterocycles. The molecule has 0 atom stereocenters. The summed E-state index contributed by atoms with van der Waals surface area (Å²) in [4.78, 5) is 35.1. The van der Waals surface area contributed by atoms with E-state index in [-0.39, 0.29) is 146 Å². The first-order valence-corrected chi connectivity index (χ1v) is 21.2. The molecule has 418 valence electrons. The molecule has 3 amide bonds. The molecule has 0 saturated carbocycles. The quantitative estimate of drug-likeness (QED) is 0.0667. The zero-order valence-corrected chi connectivity index (χ0v) is 48.5. The standard InChI is InChI=1S/3C15H14N2O3.3CNS.2CH4O.3H2O.2Tb/c3*1-20-13-9-5-8-12(14(13)18)10-16-17-15(19)11-6-3-2-4-7-11;3*2-1-3;2*1-2;;;;;/h3*2-10,18H,1H3,(H,17,19);;;;2*2H,1H3;3*1H2;;/q;;;3*-1;;;;;;2*+3/p-3/b3*16-10+;;;;;;;;;;. The number of hydrogen-bond donors (Lipinski definition) is 5. The molecule has 0 radical (unpaired) electrons. The fraction of sp³-hybridized carbons (Fsp3) is 0.100. The van der Waals surface area contributed by atoms with Crippen LogP contribution in [0.4, 0.5) is 0 Å². The third-order valence-corrected chi connectivity index (χ3v) is 7.90. The minimum absolute atomic E-state index is 0. The number of hydrogen-bond acceptors (Lipinski definition) is 17. The van der Waals surface area contributed by atoms with Gasteiger partial charge < -0.3 is 72.4 Å². The summed E-state index contributed by atoms with van der Waals surface area (Å²) in [5, 5.41) is 86.2. The van der Waals surface area contributed by atoms with Gasteiger partial charge in [0.25, 0.3) is 17.7 Å². The zero-order chi connectivity index (χ0) is 55.2. The van der Waals surface area contributed by atoms with Crippen LogP contribution in [0.3, 0.4) is 0 Å². The van der Waals surface area contributed by atoms with E-state index in [0.29, 0.717) is 33.4 Å². The Labute approximate surface area is 527 Å². The van der Waals surface area contributed by atoms with Crippen LogP contribution < -0.4 is 45.8 Å². The third-order valence-electron chi connectivity index (χ3n) is 7.90. The SMILES string of the molecule is CO.CO.COc1cccc(/C=N/NC(=O)c2ccccc2)c1[O-].COc1cccc(/C=N/NC(=O)c2ccccc2)c1[O-].COc1cccc(/C=N/NC(=O)c2ccccc2)c1[O-].O.O.O.[N-]=C=S.[N-]=C=S.[N-]=C=S.[Tb+3].[Tb+3]. The zero-order valence-electron chi connectivity index (χ0n) is 41.7. The van der Waals surface area contributed by atoms with Gasteiger partial charge in [-0.3, -0.25) is 14.4 Å². The predicted octanol–water partition coefficient (Wildman–Crippen LogP) is 3.32. The van der Waals surface area contributed by atoms with Gasteiger partial charge in [0, 0.05) is 30.9 Å². The summed E-state index contributed by atoms with van der Waals surface area (Å²) in [5.74, 6) is -1.10. The van der Waals surface area contributed by atoms with Gasteiger partial charge in [0.2, 0.25) is 0 Å². The minimum Gasteiger partial charge on any atom is -0.870 e. The molecule has 6 aromatic carbocycles. The van der Waals surface area contributed by atoms with E-state index < -0.39 is 0 Å². The van der Waals surface area contributed by atoms with Crippen molar-refractivity contribution in [1.29, 1.82) is 0 Å². The van der Waals surface area contributed by atoms with Crippen LogP contribution in [-0.4, -0.2) is 114 Å². The van der Waals surface area contributed by atoms with E-state index in [1.165, 1.54) is 55.5 Å². The first-order chi connectivity index (χ1) is 35.4. The molecule has 0 aliphatic heterocycles. The number of nitrogens with zero attached hydrogens (tertiary/aromatic N) is 6. The van der Waals surface area contributed by atoms with Crippen molar-refractivity contribution in [3.63, 3.8) is 0 Å². The second-order valence-electron chi connectivity index (χ2n) is 12.1. The second-order valence-corrected chi connectivity index (χ2v) is 12.7. The number of amides is 3. The van der Waals surface area contributed by atoms with Crippen molar-refractivity contribution < 1.29 is 148 Å². The Bertz CT molecular complexity index is 2460. The molecule has 23 nitrogen and oxygen atoms in total. The van der Waals surface area contributed by atoms with Crippen molar-refractivity contribution in [3.8, 4) is 34.5 Å². The van der Waals surface area contributed by atoms with E-state index in [2.05, 4.69) is 68.2 Å². The van der Waals surface area contributed by atoms with Gasteiger partial charge in [0.15, 0.2) is 0 Å². The Morgan fingerprint density at radius 1 is 0.436 bits per heavy atom. The minimum atomic E-state index is -0.336. The largest absolute Gasteiger partial charge is 3.00 e. The van der Waals surface area contributed by atoms with Crippen molar-refractivity contribution in [2.24, 2.45) is 15.3 Å². The Morgan fingerprint density at radius 3 is 0.808 bits per heavy atom. The summed E-state index contributed by atoms with van der Waals surface area (Å²) in [5.41, 5.74) is 9.62. The molecule has 0 aromatic heterocycles. The number of isothiocyanates is 3. The first kappa shape index (κ1) is 85.2. The fourth-order valence-electron chi connectivity index (χ4n) is 4.83. The van der Waals surface area contributed by atoms with E-state index in [9.17, 15) is 29.7 Å². The van der Waals surface area contributed by atoms with Crippen molar-refractivity contribution in [2.75, 3.05) is 35.5 Å². The molecule has 0 aliphatic carbocycles. The molecule has 0 bridgehead atoms. The topological polar surface area (TPSA) is 423 Å². The van der Waals surface area contributed by atoms with Crippen LogP contribution in [0.2, 0.25) is 0 Å². The molecular formula is C50H53N9O14S3Tb2. The van der Waals surface area contributed by atoms with Crippen molar-refractivity contribution >= 4 is 88.5 Å². The Hall–Kier alpha value is -6.69. The monoisotopic (exact) mass is 1420 g/mol. The molecule has 0 aliphatic rings. The van der Waals surface area contributed by atoms with Crippen LogP contribution in [0.5, 0.6) is 34.5 Å². The summed E-state index contributed by atoms with van der Waals surface area (Å²) in [7, 11) is 6.28. The van der Waals surface area contributed by atoms with Gasteiger partial charge in [-0.1, -0.05) is 145 Å². The number of aliphatic hydroxyl groups excluding tert-OH is 2. The maximum Gasteiger partial charge on any atom is 3.00 e. The smallest absolute Gasteiger partial charge is 0.870 e. The van der Waals surface area contributed by atoms with Crippen LogP contribution in [0.15, 0.2) is 161 Å². The van der Waals surface area contributed by atoms with Gasteiger partial charge in [-0.25, -0.2) is 16.3 Å². The van der Waals surface area contributed by atoms with E-state index >= 15 is 0 Å². The van der Waals surface area contributed by atoms with E-state index in [0.717, 1.165) is 14.2 Å². The van der Waals surface area contributed by atoms with Crippen molar-refractivity contribution in [2.45, 2.75) is 0 Å². The number of carbonyl (C=O) groups is 3. The molecule has 0 heterocycles. The predicted molar refractivity (Wildman–Crippen MR) is 297 cm³/mol. The molecule has 78 heavy (non-hydrogen) atoms. The summed E-state index contributed by atoms with van der Waals surface area (Å²) < 4.78 is 14.8. The van der Waals surface area contributed by atoms with Crippen LogP contribution in [-0.2, 0) is 0 Å². The average molecular weight is 1420 g/mol. The van der Waals surface area contributed by atoms with Gasteiger partial charge in [-0.05, 0) is 71.3 Å². The average Bonchev–Trinajstić information content (AvgIpc) is 3.43. The Morgan fingerprint density at radius 2 is 0.628 bits per heavy atom. The van der Waals surface area contributed by atoms with E-state index in [4.69, 9.17) is 40.7 Å². The normalized spacial score (nSPS) is 8.50. The fourth-order valence-corrected chi connectivity index (χ4v) is 4.83. The van der Waals surface area contributed by atoms with Gasteiger partial charge in [0.05, 0.1) is 40.0 Å². The van der Waals surface area contributed by atoms with Crippen molar-refractivity contribution in [3.05, 3.63) is 195 Å². The van der Waals surface area contributed by atoms with Crippen molar-refractivity contribution in [1.82, 2.24) is 16.3 Å². The summed E-state index contributed by atoms with van der Waals surface area (Å²) in [6.07, 6.45) is 3.89. The first-order valence-electron chi connectivity index (χ1n) is 20.0. The van der Waals surface area contributed by atoms with E-state index in [1.807, 2.05) is 18.2 Å². The third kappa shape index (κ3) is 35.6. The summed E-state index contributed by atoms with van der Waals surface area (Å²) in [6.45, 7) is 0. The number of carbonyl (C=O) groups excluding carboxylic acids is 3. The molecule has 0 unspecified atom stereocenters.